The molecule has 5 aliphatic rings. The first kappa shape index (κ1) is 33.5. The monoisotopic (exact) mass is 695 g/mol. The number of benzene rings is 5. The van der Waals surface area contributed by atoms with Crippen LogP contribution in [0.4, 0.5) is 17.1 Å². The van der Waals surface area contributed by atoms with Gasteiger partial charge in [0.05, 0.1) is 0 Å². The zero-order chi connectivity index (χ0) is 35.5. The average molecular weight is 696 g/mol. The Morgan fingerprint density at radius 1 is 0.453 bits per heavy atom. The van der Waals surface area contributed by atoms with Gasteiger partial charge < -0.3 is 4.90 Å². The largest absolute Gasteiger partial charge is 0.310 e. The third kappa shape index (κ3) is 6.07. The van der Waals surface area contributed by atoms with Gasteiger partial charge in [-0.2, -0.15) is 0 Å². The molecule has 0 radical (unpaired) electrons. The lowest BCUT2D eigenvalue weighted by molar-refractivity contribution is 0.420. The van der Waals surface area contributed by atoms with Crippen LogP contribution in [0.1, 0.15) is 149 Å². The van der Waals surface area contributed by atoms with E-state index in [0.29, 0.717) is 5.92 Å². The molecule has 0 N–H and O–H groups in total. The van der Waals surface area contributed by atoms with Gasteiger partial charge in [0.2, 0.25) is 0 Å². The van der Waals surface area contributed by atoms with E-state index in [9.17, 15) is 0 Å². The van der Waals surface area contributed by atoms with Gasteiger partial charge in [-0.25, -0.2) is 0 Å². The summed E-state index contributed by atoms with van der Waals surface area (Å²) in [6.45, 7) is 4.85. The molecule has 0 aromatic heterocycles. The maximum absolute atomic E-state index is 2.52. The van der Waals surface area contributed by atoms with Crippen molar-refractivity contribution in [1.29, 1.82) is 0 Å². The summed E-state index contributed by atoms with van der Waals surface area (Å²) in [4.78, 5) is 2.52. The lowest BCUT2D eigenvalue weighted by atomic mass is 9.81. The normalized spacial score (nSPS) is 23.5. The van der Waals surface area contributed by atoms with Crippen molar-refractivity contribution in [2.75, 3.05) is 4.90 Å². The van der Waals surface area contributed by atoms with E-state index >= 15 is 0 Å². The standard InChI is InChI=1S/C52H57N/c1-52(2)50-30-23-42(40-17-15-38(16-18-40)36-9-5-3-6-10-36)33-49(50)47-29-28-46(34-51(47)52)53(44-24-19-39(20-25-44)37-11-7-4-8-12-37)45-26-21-41(22-27-45)48-32-35-13-14-43(48)31-35/h15-30,33-37,43,48H,3-14,31-32H2,1-2H3. The van der Waals surface area contributed by atoms with E-state index in [0.717, 1.165) is 23.7 Å². The molecule has 0 spiro atoms. The second-order valence-corrected chi connectivity index (χ2v) is 18.2. The SMILES string of the molecule is CC1(C)c2ccc(-c3ccc(C4CCCCC4)cc3)cc2-c2ccc(N(c3ccc(C4CCCCC4)cc3)c3ccc(C4CC5CCC4C5)cc3)cc21. The van der Waals surface area contributed by atoms with Crippen molar-refractivity contribution in [3.8, 4) is 22.3 Å². The number of hydrogen-bond acceptors (Lipinski definition) is 1. The van der Waals surface area contributed by atoms with Crippen LogP contribution in [0.15, 0.2) is 109 Å². The molecule has 2 bridgehead atoms. The van der Waals surface area contributed by atoms with Crippen molar-refractivity contribution in [3.05, 3.63) is 137 Å². The van der Waals surface area contributed by atoms with E-state index in [2.05, 4.69) is 128 Å². The van der Waals surface area contributed by atoms with E-state index < -0.39 is 0 Å². The van der Waals surface area contributed by atoms with Crippen LogP contribution in [0.25, 0.3) is 22.3 Å². The molecule has 4 fully saturated rings. The van der Waals surface area contributed by atoms with E-state index in [4.69, 9.17) is 0 Å². The molecular weight excluding hydrogens is 639 g/mol. The molecule has 4 saturated carbocycles. The van der Waals surface area contributed by atoms with Gasteiger partial charge in [0, 0.05) is 22.5 Å². The third-order valence-corrected chi connectivity index (χ3v) is 14.8. The molecule has 270 valence electrons. The fourth-order valence-corrected chi connectivity index (χ4v) is 11.7. The number of rotatable bonds is 7. The Labute approximate surface area is 318 Å². The first-order chi connectivity index (χ1) is 26.0. The van der Waals surface area contributed by atoms with Crippen molar-refractivity contribution in [2.24, 2.45) is 11.8 Å². The van der Waals surface area contributed by atoms with Gasteiger partial charge in [0.15, 0.2) is 0 Å². The summed E-state index contributed by atoms with van der Waals surface area (Å²) >= 11 is 0. The van der Waals surface area contributed by atoms with Crippen molar-refractivity contribution >= 4 is 17.1 Å². The van der Waals surface area contributed by atoms with Crippen LogP contribution in [0.2, 0.25) is 0 Å². The van der Waals surface area contributed by atoms with E-state index in [1.54, 1.807) is 5.56 Å². The van der Waals surface area contributed by atoms with Gasteiger partial charge in [-0.3, -0.25) is 0 Å². The zero-order valence-electron chi connectivity index (χ0n) is 32.1. The Hall–Kier alpha value is -4.10. The molecule has 53 heavy (non-hydrogen) atoms. The summed E-state index contributed by atoms with van der Waals surface area (Å²) in [6.07, 6.45) is 19.4. The Bertz CT molecular complexity index is 2070. The third-order valence-electron chi connectivity index (χ3n) is 14.8. The molecule has 5 aromatic carbocycles. The van der Waals surface area contributed by atoms with Gasteiger partial charge in [0.1, 0.15) is 0 Å². The Kier molecular flexibility index (Phi) is 8.61. The second-order valence-electron chi connectivity index (χ2n) is 18.2. The fourth-order valence-electron chi connectivity index (χ4n) is 11.7. The molecule has 0 heterocycles. The molecule has 3 atom stereocenters. The molecule has 1 heteroatoms. The number of nitrogens with zero attached hydrogens (tertiary/aromatic N) is 1. The summed E-state index contributed by atoms with van der Waals surface area (Å²) in [6, 6.07) is 43.5. The molecule has 0 amide bonds. The van der Waals surface area contributed by atoms with Crippen LogP contribution in [-0.2, 0) is 5.41 Å². The van der Waals surface area contributed by atoms with Crippen LogP contribution >= 0.6 is 0 Å². The van der Waals surface area contributed by atoms with Crippen molar-refractivity contribution in [3.63, 3.8) is 0 Å². The summed E-state index contributed by atoms with van der Waals surface area (Å²) in [7, 11) is 0. The quantitative estimate of drug-likeness (QED) is 0.164. The lowest BCUT2D eigenvalue weighted by Gasteiger charge is -2.29. The van der Waals surface area contributed by atoms with Gasteiger partial charge in [0.25, 0.3) is 0 Å². The molecule has 1 nitrogen and oxygen atoms in total. The van der Waals surface area contributed by atoms with Crippen LogP contribution in [0.5, 0.6) is 0 Å². The molecule has 5 aromatic rings. The second kappa shape index (κ2) is 13.6. The molecule has 10 rings (SSSR count). The highest BCUT2D eigenvalue weighted by Gasteiger charge is 2.40. The number of anilines is 3. The molecule has 3 unspecified atom stereocenters. The lowest BCUT2D eigenvalue weighted by Crippen LogP contribution is -2.16. The maximum atomic E-state index is 2.52. The van der Waals surface area contributed by atoms with Gasteiger partial charge in [-0.15, -0.1) is 0 Å². The highest BCUT2D eigenvalue weighted by Crippen LogP contribution is 2.54. The minimum Gasteiger partial charge on any atom is -0.310 e. The minimum absolute atomic E-state index is 0.0772. The van der Waals surface area contributed by atoms with Crippen LogP contribution in [0, 0.1) is 11.8 Å². The number of fused-ring (bicyclic) bond motifs is 5. The summed E-state index contributed by atoms with van der Waals surface area (Å²) in [5, 5.41) is 0. The summed E-state index contributed by atoms with van der Waals surface area (Å²) in [5.74, 6) is 4.08. The first-order valence-corrected chi connectivity index (χ1v) is 21.4. The predicted molar refractivity (Wildman–Crippen MR) is 224 cm³/mol. The van der Waals surface area contributed by atoms with Gasteiger partial charge >= 0.3 is 0 Å². The smallest absolute Gasteiger partial charge is 0.0465 e. The topological polar surface area (TPSA) is 3.24 Å². The highest BCUT2D eigenvalue weighted by molar-refractivity contribution is 5.87. The van der Waals surface area contributed by atoms with Gasteiger partial charge in [-0.1, -0.05) is 126 Å². The minimum atomic E-state index is -0.0772. The van der Waals surface area contributed by atoms with E-state index in [1.165, 1.54) is 151 Å². The Morgan fingerprint density at radius 2 is 1.02 bits per heavy atom. The average Bonchev–Trinajstić information content (AvgIpc) is 3.92. The highest BCUT2D eigenvalue weighted by atomic mass is 15.1. The van der Waals surface area contributed by atoms with Crippen molar-refractivity contribution in [1.82, 2.24) is 0 Å². The molecule has 5 aliphatic carbocycles. The van der Waals surface area contributed by atoms with E-state index in [-0.39, 0.29) is 5.41 Å². The van der Waals surface area contributed by atoms with E-state index in [1.807, 2.05) is 0 Å². The Morgan fingerprint density at radius 3 is 1.60 bits per heavy atom. The fraction of sp³-hybridized carbons (Fsp3) is 0.423. The zero-order valence-corrected chi connectivity index (χ0v) is 32.1. The van der Waals surface area contributed by atoms with Crippen molar-refractivity contribution in [2.45, 2.75) is 127 Å². The Balaban J connectivity index is 0.993. The summed E-state index contributed by atoms with van der Waals surface area (Å²) < 4.78 is 0. The van der Waals surface area contributed by atoms with Crippen LogP contribution in [0.3, 0.4) is 0 Å². The maximum Gasteiger partial charge on any atom is 0.0465 e. The number of hydrogen-bond donors (Lipinski definition) is 0. The predicted octanol–water partition coefficient (Wildman–Crippen LogP) is 15.1. The van der Waals surface area contributed by atoms with Crippen molar-refractivity contribution < 1.29 is 0 Å². The molecule has 0 aliphatic heterocycles. The molecular formula is C52H57N. The molecule has 0 saturated heterocycles. The van der Waals surface area contributed by atoms with Crippen LogP contribution < -0.4 is 4.90 Å². The first-order valence-electron chi connectivity index (χ1n) is 21.4. The van der Waals surface area contributed by atoms with Gasteiger partial charge in [-0.05, 0) is 167 Å². The summed E-state index contributed by atoms with van der Waals surface area (Å²) in [5.41, 5.74) is 16.6. The van der Waals surface area contributed by atoms with Crippen LogP contribution in [-0.4, -0.2) is 0 Å².